The molecule has 0 unspecified atom stereocenters. The number of benzene rings is 4. The molecular formula is C34H32Br2N2O6. The highest BCUT2D eigenvalue weighted by Gasteiger charge is 2.45. The van der Waals surface area contributed by atoms with E-state index in [1.807, 2.05) is 109 Å². The third kappa shape index (κ3) is 7.61. The second-order valence-electron chi connectivity index (χ2n) is 10.9. The Kier molecular flexibility index (Phi) is 10.9. The Morgan fingerprint density at radius 1 is 0.545 bits per heavy atom. The number of nitrogens with zero attached hydrogens (tertiary/aromatic N) is 2. The van der Waals surface area contributed by atoms with Gasteiger partial charge in [-0.3, -0.25) is 20.2 Å². The fourth-order valence-corrected chi connectivity index (χ4v) is 7.03. The third-order valence-electron chi connectivity index (χ3n) is 8.19. The lowest BCUT2D eigenvalue weighted by atomic mass is 9.82. The van der Waals surface area contributed by atoms with E-state index in [0.717, 1.165) is 31.2 Å². The largest absolute Gasteiger partial charge is 0.366 e. The predicted molar refractivity (Wildman–Crippen MR) is 175 cm³/mol. The van der Waals surface area contributed by atoms with Crippen LogP contribution in [0.2, 0.25) is 0 Å². The summed E-state index contributed by atoms with van der Waals surface area (Å²) < 4.78 is 13.4. The van der Waals surface area contributed by atoms with Gasteiger partial charge in [0.05, 0.1) is 11.8 Å². The van der Waals surface area contributed by atoms with Crippen LogP contribution < -0.4 is 0 Å². The summed E-state index contributed by atoms with van der Waals surface area (Å²) in [4.78, 5) is 23.1. The van der Waals surface area contributed by atoms with Crippen LogP contribution in [-0.2, 0) is 9.47 Å². The average Bonchev–Trinajstić information content (AvgIpc) is 3.05. The normalized spacial score (nSPS) is 24.9. The third-order valence-corrected chi connectivity index (χ3v) is 9.18. The van der Waals surface area contributed by atoms with Gasteiger partial charge >= 0.3 is 0 Å². The Balaban J connectivity index is 0.000000175. The second kappa shape index (κ2) is 15.0. The van der Waals surface area contributed by atoms with Gasteiger partial charge in [-0.15, -0.1) is 0 Å². The molecule has 2 fully saturated rings. The van der Waals surface area contributed by atoms with E-state index < -0.39 is 24.3 Å². The maximum Gasteiger partial charge on any atom is 0.249 e. The smallest absolute Gasteiger partial charge is 0.249 e. The first-order valence-electron chi connectivity index (χ1n) is 14.4. The molecule has 4 aromatic rings. The fraction of sp³-hybridized carbons (Fsp3) is 0.294. The number of hydrogen-bond acceptors (Lipinski definition) is 6. The van der Waals surface area contributed by atoms with Crippen molar-refractivity contribution < 1.29 is 19.3 Å². The molecule has 228 valence electrons. The van der Waals surface area contributed by atoms with Crippen LogP contribution in [0.5, 0.6) is 0 Å². The van der Waals surface area contributed by atoms with Crippen LogP contribution in [0.3, 0.4) is 0 Å². The number of rotatable bonds is 6. The molecule has 2 heterocycles. The quantitative estimate of drug-likeness (QED) is 0.146. The molecule has 2 aliphatic rings. The van der Waals surface area contributed by atoms with E-state index in [-0.39, 0.29) is 21.7 Å². The number of halogens is 2. The van der Waals surface area contributed by atoms with Crippen LogP contribution in [0, 0.1) is 20.2 Å². The minimum absolute atomic E-state index is 0.147. The van der Waals surface area contributed by atoms with Gasteiger partial charge in [0.15, 0.2) is 12.2 Å². The molecule has 10 heteroatoms. The molecule has 0 saturated carbocycles. The lowest BCUT2D eigenvalue weighted by Crippen LogP contribution is -2.39. The van der Waals surface area contributed by atoms with Crippen molar-refractivity contribution in [2.75, 3.05) is 13.2 Å². The molecule has 0 spiro atoms. The number of nitro groups is 2. The van der Waals surface area contributed by atoms with Crippen molar-refractivity contribution in [3.8, 4) is 0 Å². The SMILES string of the molecule is O=[N+]([O-])[C@H]1[C@@H](c2cccc(Br)c2)CCO[C@H]1c1ccccc1.O=[N+]([O-])[C@H]1[C@@H](c2cccc(Br)c2)CCO[C@H]1c1ccccc1. The zero-order valence-electron chi connectivity index (χ0n) is 23.8. The highest BCUT2D eigenvalue weighted by molar-refractivity contribution is 9.10. The molecule has 0 N–H and O–H groups in total. The maximum atomic E-state index is 11.7. The van der Waals surface area contributed by atoms with Gasteiger partial charge in [0.1, 0.15) is 0 Å². The Morgan fingerprint density at radius 2 is 0.909 bits per heavy atom. The summed E-state index contributed by atoms with van der Waals surface area (Å²) in [6.45, 7) is 1.06. The van der Waals surface area contributed by atoms with Gasteiger partial charge in [-0.2, -0.15) is 0 Å². The van der Waals surface area contributed by atoms with Gasteiger partial charge in [0.2, 0.25) is 12.1 Å². The van der Waals surface area contributed by atoms with Gasteiger partial charge in [0, 0.05) is 32.0 Å². The molecule has 0 aromatic heterocycles. The van der Waals surface area contributed by atoms with Crippen molar-refractivity contribution in [2.24, 2.45) is 0 Å². The minimum atomic E-state index is -0.773. The highest BCUT2D eigenvalue weighted by atomic mass is 79.9. The van der Waals surface area contributed by atoms with E-state index in [1.165, 1.54) is 0 Å². The molecule has 2 aliphatic heterocycles. The van der Waals surface area contributed by atoms with E-state index in [1.54, 1.807) is 0 Å². The lowest BCUT2D eigenvalue weighted by molar-refractivity contribution is -0.546. The minimum Gasteiger partial charge on any atom is -0.366 e. The first-order valence-corrected chi connectivity index (χ1v) is 16.0. The Labute approximate surface area is 273 Å². The summed E-state index contributed by atoms with van der Waals surface area (Å²) in [6, 6.07) is 32.9. The molecule has 6 rings (SSSR count). The van der Waals surface area contributed by atoms with Crippen LogP contribution in [0.1, 0.15) is 59.1 Å². The van der Waals surface area contributed by atoms with Crippen molar-refractivity contribution >= 4 is 31.9 Å². The molecule has 6 atom stereocenters. The number of hydrogen-bond donors (Lipinski definition) is 0. The maximum absolute atomic E-state index is 11.7. The molecule has 0 radical (unpaired) electrons. The fourth-order valence-electron chi connectivity index (χ4n) is 6.19. The summed E-state index contributed by atoms with van der Waals surface area (Å²) in [5.41, 5.74) is 3.70. The van der Waals surface area contributed by atoms with Crippen molar-refractivity contribution in [1.29, 1.82) is 0 Å². The van der Waals surface area contributed by atoms with Crippen molar-refractivity contribution in [3.63, 3.8) is 0 Å². The molecule has 2 saturated heterocycles. The standard InChI is InChI=1S/2C17H16BrNO3/c2*18-14-8-4-7-13(11-14)15-9-10-22-17(16(15)19(20)21)12-5-2-1-3-6-12/h2*1-8,11,15-17H,9-10H2/t2*15-,16+,17+/m11/s1. The van der Waals surface area contributed by atoms with Crippen LogP contribution in [0.25, 0.3) is 0 Å². The molecular weight excluding hydrogens is 692 g/mol. The van der Waals surface area contributed by atoms with Crippen LogP contribution >= 0.6 is 31.9 Å². The Morgan fingerprint density at radius 3 is 1.25 bits per heavy atom. The Bertz CT molecular complexity index is 1440. The monoisotopic (exact) mass is 722 g/mol. The zero-order chi connectivity index (χ0) is 31.1. The summed E-state index contributed by atoms with van der Waals surface area (Å²) in [7, 11) is 0. The molecule has 0 amide bonds. The second-order valence-corrected chi connectivity index (χ2v) is 12.7. The average molecular weight is 724 g/mol. The summed E-state index contributed by atoms with van der Waals surface area (Å²) in [5.74, 6) is -0.294. The van der Waals surface area contributed by atoms with Crippen LogP contribution in [0.15, 0.2) is 118 Å². The van der Waals surface area contributed by atoms with Crippen LogP contribution in [-0.4, -0.2) is 35.1 Å². The van der Waals surface area contributed by atoms with Gasteiger partial charge in [0.25, 0.3) is 0 Å². The van der Waals surface area contributed by atoms with Crippen molar-refractivity contribution in [2.45, 2.75) is 49.0 Å². The highest BCUT2D eigenvalue weighted by Crippen LogP contribution is 2.41. The van der Waals surface area contributed by atoms with Gasteiger partial charge in [-0.05, 0) is 59.4 Å². The summed E-state index contributed by atoms with van der Waals surface area (Å²) in [6.07, 6.45) is 0.305. The molecule has 44 heavy (non-hydrogen) atoms. The molecule has 4 aromatic carbocycles. The first-order chi connectivity index (χ1) is 21.3. The van der Waals surface area contributed by atoms with Gasteiger partial charge in [-0.1, -0.05) is 117 Å². The molecule has 8 nitrogen and oxygen atoms in total. The molecule has 0 aliphatic carbocycles. The molecule has 0 bridgehead atoms. The van der Waals surface area contributed by atoms with Crippen molar-refractivity contribution in [3.05, 3.63) is 161 Å². The van der Waals surface area contributed by atoms with Gasteiger partial charge in [-0.25, -0.2) is 0 Å². The van der Waals surface area contributed by atoms with E-state index in [9.17, 15) is 20.2 Å². The summed E-state index contributed by atoms with van der Waals surface area (Å²) in [5, 5.41) is 23.4. The van der Waals surface area contributed by atoms with Crippen LogP contribution in [0.4, 0.5) is 0 Å². The lowest BCUT2D eigenvalue weighted by Gasteiger charge is -2.33. The first kappa shape index (κ1) is 32.0. The van der Waals surface area contributed by atoms with E-state index >= 15 is 0 Å². The van der Waals surface area contributed by atoms with Gasteiger partial charge < -0.3 is 9.47 Å². The summed E-state index contributed by atoms with van der Waals surface area (Å²) >= 11 is 6.89. The zero-order valence-corrected chi connectivity index (χ0v) is 27.0. The topological polar surface area (TPSA) is 105 Å². The predicted octanol–water partition coefficient (Wildman–Crippen LogP) is 8.68. The van der Waals surface area contributed by atoms with E-state index in [0.29, 0.717) is 26.1 Å². The van der Waals surface area contributed by atoms with Crippen molar-refractivity contribution in [1.82, 2.24) is 0 Å². The Hall–Kier alpha value is -3.44. The van der Waals surface area contributed by atoms with E-state index in [2.05, 4.69) is 31.9 Å². The number of ether oxygens (including phenoxy) is 2. The van der Waals surface area contributed by atoms with E-state index in [4.69, 9.17) is 9.47 Å².